The first-order valence-corrected chi connectivity index (χ1v) is 10.3. The summed E-state index contributed by atoms with van der Waals surface area (Å²) in [4.78, 5) is 24.1. The normalized spacial score (nSPS) is 17.1. The van der Waals surface area contributed by atoms with Crippen LogP contribution >= 0.6 is 22.6 Å². The highest BCUT2D eigenvalue weighted by molar-refractivity contribution is 14.1. The van der Waals surface area contributed by atoms with E-state index in [1.54, 1.807) is 12.1 Å². The van der Waals surface area contributed by atoms with Gasteiger partial charge in [0.15, 0.2) is 5.78 Å². The number of halogens is 1. The van der Waals surface area contributed by atoms with Crippen LogP contribution in [0.5, 0.6) is 0 Å². The van der Waals surface area contributed by atoms with E-state index in [2.05, 4.69) is 39.8 Å². The van der Waals surface area contributed by atoms with Gasteiger partial charge >= 0.3 is 5.97 Å². The van der Waals surface area contributed by atoms with Crippen LogP contribution in [0.25, 0.3) is 0 Å². The summed E-state index contributed by atoms with van der Waals surface area (Å²) in [7, 11) is 0. The van der Waals surface area contributed by atoms with Gasteiger partial charge < -0.3 is 9.84 Å². The molecule has 0 saturated heterocycles. The number of aromatic carboxylic acids is 1. The number of carboxylic acids is 1. The Hall–Kier alpha value is -1.73. The molecule has 1 heterocycles. The van der Waals surface area contributed by atoms with Crippen molar-refractivity contribution in [1.82, 2.24) is 0 Å². The SMILES string of the molecule is Cc1cc2c(cc1CC(=O)c1ccc(C(=O)O)c(I)c1)C(C)(C)COC2(C)C. The van der Waals surface area contributed by atoms with Crippen LogP contribution in [-0.4, -0.2) is 23.5 Å². The van der Waals surface area contributed by atoms with Gasteiger partial charge in [0.1, 0.15) is 0 Å². The van der Waals surface area contributed by atoms with Crippen molar-refractivity contribution in [2.45, 2.75) is 52.1 Å². The minimum Gasteiger partial charge on any atom is -0.478 e. The Morgan fingerprint density at radius 2 is 1.79 bits per heavy atom. The zero-order chi connectivity index (χ0) is 20.9. The number of ketones is 1. The van der Waals surface area contributed by atoms with E-state index in [4.69, 9.17) is 4.74 Å². The third kappa shape index (κ3) is 3.87. The second kappa shape index (κ2) is 7.26. The molecule has 0 unspecified atom stereocenters. The first-order chi connectivity index (χ1) is 12.9. The lowest BCUT2D eigenvalue weighted by molar-refractivity contribution is -0.0588. The number of benzene rings is 2. The average molecular weight is 492 g/mol. The van der Waals surface area contributed by atoms with Crippen LogP contribution in [0.15, 0.2) is 30.3 Å². The molecular formula is C23H25IO4. The number of fused-ring (bicyclic) bond motifs is 1. The third-order valence-corrected chi connectivity index (χ3v) is 6.41. The standard InChI is InChI=1S/C23H25IO4/c1-13-8-18-17(22(2,3)12-28-23(18,4)5)9-15(13)11-20(25)14-6-7-16(21(26)27)19(24)10-14/h6-10H,11-12H2,1-5H3,(H,26,27). The molecule has 0 amide bonds. The highest BCUT2D eigenvalue weighted by atomic mass is 127. The summed E-state index contributed by atoms with van der Waals surface area (Å²) in [5.74, 6) is -0.997. The zero-order valence-corrected chi connectivity index (χ0v) is 19.0. The van der Waals surface area contributed by atoms with E-state index in [9.17, 15) is 14.7 Å². The first kappa shape index (κ1) is 21.0. The summed E-state index contributed by atoms with van der Waals surface area (Å²) in [6.45, 7) is 11.1. The summed E-state index contributed by atoms with van der Waals surface area (Å²) < 4.78 is 6.65. The van der Waals surface area contributed by atoms with Gasteiger partial charge in [-0.05, 0) is 77.7 Å². The van der Waals surface area contributed by atoms with Crippen molar-refractivity contribution in [3.8, 4) is 0 Å². The summed E-state index contributed by atoms with van der Waals surface area (Å²) in [6, 6.07) is 9.06. The average Bonchev–Trinajstić information content (AvgIpc) is 2.60. The predicted molar refractivity (Wildman–Crippen MR) is 117 cm³/mol. The Bertz CT molecular complexity index is 973. The molecule has 0 fully saturated rings. The molecule has 0 radical (unpaired) electrons. The maximum absolute atomic E-state index is 12.9. The van der Waals surface area contributed by atoms with Gasteiger partial charge in [0.25, 0.3) is 0 Å². The predicted octanol–water partition coefficient (Wildman–Crippen LogP) is 5.27. The van der Waals surface area contributed by atoms with Crippen LogP contribution in [0.1, 0.15) is 70.7 Å². The van der Waals surface area contributed by atoms with Crippen LogP contribution < -0.4 is 0 Å². The fraction of sp³-hybridized carbons (Fsp3) is 0.391. The van der Waals surface area contributed by atoms with Crippen molar-refractivity contribution in [3.63, 3.8) is 0 Å². The molecule has 5 heteroatoms. The van der Waals surface area contributed by atoms with E-state index in [0.29, 0.717) is 22.2 Å². The zero-order valence-electron chi connectivity index (χ0n) is 16.9. The van der Waals surface area contributed by atoms with E-state index in [-0.39, 0.29) is 22.4 Å². The van der Waals surface area contributed by atoms with Gasteiger partial charge in [-0.2, -0.15) is 0 Å². The molecule has 148 valence electrons. The molecule has 2 aromatic carbocycles. The second-order valence-corrected chi connectivity index (χ2v) is 9.77. The topological polar surface area (TPSA) is 63.6 Å². The lowest BCUT2D eigenvalue weighted by Crippen LogP contribution is -2.40. The largest absolute Gasteiger partial charge is 0.478 e. The van der Waals surface area contributed by atoms with E-state index < -0.39 is 5.97 Å². The molecule has 4 nitrogen and oxygen atoms in total. The first-order valence-electron chi connectivity index (χ1n) is 9.27. The molecule has 2 aromatic rings. The maximum atomic E-state index is 12.9. The van der Waals surface area contributed by atoms with Crippen molar-refractivity contribution < 1.29 is 19.4 Å². The maximum Gasteiger partial charge on any atom is 0.336 e. The van der Waals surface area contributed by atoms with E-state index in [1.807, 2.05) is 29.5 Å². The quantitative estimate of drug-likeness (QED) is 0.467. The van der Waals surface area contributed by atoms with Crippen molar-refractivity contribution >= 4 is 34.3 Å². The number of carbonyl (C=O) groups is 2. The Kier molecular flexibility index (Phi) is 5.44. The molecule has 1 N–H and O–H groups in total. The van der Waals surface area contributed by atoms with Crippen molar-refractivity contribution in [1.29, 1.82) is 0 Å². The molecule has 0 atom stereocenters. The number of ether oxygens (including phenoxy) is 1. The van der Waals surface area contributed by atoms with Crippen molar-refractivity contribution in [3.05, 3.63) is 67.3 Å². The number of rotatable bonds is 4. The molecule has 0 saturated carbocycles. The van der Waals surface area contributed by atoms with E-state index >= 15 is 0 Å². The van der Waals surface area contributed by atoms with Crippen LogP contribution in [0, 0.1) is 10.5 Å². The van der Waals surface area contributed by atoms with Crippen LogP contribution in [0.3, 0.4) is 0 Å². The van der Waals surface area contributed by atoms with E-state index in [0.717, 1.165) is 11.1 Å². The molecule has 0 bridgehead atoms. The lowest BCUT2D eigenvalue weighted by Gasteiger charge is -2.42. The minimum atomic E-state index is -0.985. The summed E-state index contributed by atoms with van der Waals surface area (Å²) in [5, 5.41) is 9.17. The van der Waals surface area contributed by atoms with E-state index in [1.165, 1.54) is 17.2 Å². The van der Waals surface area contributed by atoms with Gasteiger partial charge in [-0.1, -0.05) is 32.0 Å². The number of carboxylic acid groups (broad SMARTS) is 1. The monoisotopic (exact) mass is 492 g/mol. The summed E-state index contributed by atoms with van der Waals surface area (Å²) in [6.07, 6.45) is 0.291. The van der Waals surface area contributed by atoms with Gasteiger partial charge in [0.2, 0.25) is 0 Å². The second-order valence-electron chi connectivity index (χ2n) is 8.61. The number of hydrogen-bond donors (Lipinski definition) is 1. The Morgan fingerprint density at radius 3 is 2.39 bits per heavy atom. The summed E-state index contributed by atoms with van der Waals surface area (Å²) >= 11 is 1.96. The minimum absolute atomic E-state index is 0.0120. The van der Waals surface area contributed by atoms with Crippen molar-refractivity contribution in [2.24, 2.45) is 0 Å². The fourth-order valence-electron chi connectivity index (χ4n) is 3.65. The van der Waals surface area contributed by atoms with Crippen LogP contribution in [0.2, 0.25) is 0 Å². The van der Waals surface area contributed by atoms with Crippen molar-refractivity contribution in [2.75, 3.05) is 6.61 Å². The fourth-order valence-corrected chi connectivity index (χ4v) is 4.40. The highest BCUT2D eigenvalue weighted by Gasteiger charge is 2.38. The third-order valence-electron chi connectivity index (χ3n) is 5.52. The molecule has 3 rings (SSSR count). The molecule has 1 aliphatic rings. The van der Waals surface area contributed by atoms with Gasteiger partial charge in [-0.3, -0.25) is 4.79 Å². The number of hydrogen-bond acceptors (Lipinski definition) is 3. The number of carbonyl (C=O) groups excluding carboxylic acids is 1. The molecule has 0 aromatic heterocycles. The van der Waals surface area contributed by atoms with Gasteiger partial charge in [0.05, 0.1) is 17.8 Å². The molecule has 0 spiro atoms. The smallest absolute Gasteiger partial charge is 0.336 e. The lowest BCUT2D eigenvalue weighted by atomic mass is 9.74. The van der Waals surface area contributed by atoms with Gasteiger partial charge in [-0.25, -0.2) is 4.79 Å². The molecule has 28 heavy (non-hydrogen) atoms. The van der Waals surface area contributed by atoms with Gasteiger partial charge in [-0.15, -0.1) is 0 Å². The molecule has 1 aliphatic heterocycles. The number of Topliss-reactive ketones (excluding diaryl/α,β-unsaturated/α-hetero) is 1. The molecular weight excluding hydrogens is 467 g/mol. The Balaban J connectivity index is 1.96. The highest BCUT2D eigenvalue weighted by Crippen LogP contribution is 2.42. The Labute approximate surface area is 179 Å². The number of aryl methyl sites for hydroxylation is 1. The molecule has 0 aliphatic carbocycles. The van der Waals surface area contributed by atoms with Crippen LogP contribution in [0.4, 0.5) is 0 Å². The van der Waals surface area contributed by atoms with Gasteiger partial charge in [0, 0.05) is 21.0 Å². The van der Waals surface area contributed by atoms with Crippen LogP contribution in [-0.2, 0) is 22.2 Å². The summed E-state index contributed by atoms with van der Waals surface area (Å²) in [5.41, 5.74) is 4.77. The Morgan fingerprint density at radius 1 is 1.11 bits per heavy atom.